The lowest BCUT2D eigenvalue weighted by Gasteiger charge is -2.13. The molecule has 0 heterocycles. The molecule has 0 aliphatic rings. The Hall–Kier alpha value is -3.07. The normalized spacial score (nSPS) is 11.3. The molecular formula is C25H21BrF4O4. The highest BCUT2D eigenvalue weighted by Gasteiger charge is 2.31. The Kier molecular flexibility index (Phi) is 8.19. The van der Waals surface area contributed by atoms with Crippen molar-refractivity contribution in [1.29, 1.82) is 0 Å². The third-order valence-corrected chi connectivity index (χ3v) is 5.41. The first-order valence-corrected chi connectivity index (χ1v) is 11.1. The van der Waals surface area contributed by atoms with Crippen molar-refractivity contribution < 1.29 is 36.6 Å². The summed E-state index contributed by atoms with van der Waals surface area (Å²) >= 11 is 3.05. The summed E-state index contributed by atoms with van der Waals surface area (Å²) in [4.78, 5) is 11.6. The Labute approximate surface area is 202 Å². The molecule has 0 aliphatic carbocycles. The third kappa shape index (κ3) is 6.96. The molecule has 4 nitrogen and oxygen atoms in total. The number of ether oxygens (including phenoxy) is 3. The van der Waals surface area contributed by atoms with Crippen LogP contribution in [0.25, 0.3) is 0 Å². The average molecular weight is 541 g/mol. The minimum absolute atomic E-state index is 0.0539. The molecule has 3 aromatic carbocycles. The van der Waals surface area contributed by atoms with Gasteiger partial charge in [0.05, 0.1) is 16.6 Å². The van der Waals surface area contributed by atoms with Gasteiger partial charge in [-0.05, 0) is 77.7 Å². The molecule has 180 valence electrons. The highest BCUT2D eigenvalue weighted by molar-refractivity contribution is 9.10. The van der Waals surface area contributed by atoms with E-state index in [0.29, 0.717) is 18.8 Å². The zero-order valence-corrected chi connectivity index (χ0v) is 19.9. The molecule has 0 N–H and O–H groups in total. The molecule has 9 heteroatoms. The van der Waals surface area contributed by atoms with Crippen molar-refractivity contribution in [2.24, 2.45) is 0 Å². The van der Waals surface area contributed by atoms with Crippen LogP contribution in [0.4, 0.5) is 17.6 Å². The van der Waals surface area contributed by atoms with Gasteiger partial charge in [0.2, 0.25) is 0 Å². The van der Waals surface area contributed by atoms with E-state index in [0.717, 1.165) is 35.4 Å². The van der Waals surface area contributed by atoms with Gasteiger partial charge < -0.3 is 14.2 Å². The topological polar surface area (TPSA) is 44.8 Å². The zero-order valence-electron chi connectivity index (χ0n) is 18.3. The number of halogens is 5. The summed E-state index contributed by atoms with van der Waals surface area (Å²) in [7, 11) is 0. The van der Waals surface area contributed by atoms with Crippen LogP contribution in [-0.2, 0) is 22.1 Å². The Morgan fingerprint density at radius 1 is 0.941 bits per heavy atom. The van der Waals surface area contributed by atoms with Crippen LogP contribution in [-0.4, -0.2) is 12.6 Å². The maximum Gasteiger partial charge on any atom is 0.416 e. The minimum atomic E-state index is -4.49. The van der Waals surface area contributed by atoms with Crippen LogP contribution in [0.2, 0.25) is 0 Å². The molecule has 0 unspecified atom stereocenters. The van der Waals surface area contributed by atoms with Gasteiger partial charge in [-0.15, -0.1) is 0 Å². The van der Waals surface area contributed by atoms with Crippen LogP contribution < -0.4 is 9.47 Å². The van der Waals surface area contributed by atoms with E-state index in [1.807, 2.05) is 13.0 Å². The molecule has 0 bridgehead atoms. The van der Waals surface area contributed by atoms with Crippen LogP contribution in [0.3, 0.4) is 0 Å². The SMILES string of the molecule is CCOC(=O)CCc1ccc(Oc2cc(F)cc(Oc3ccc(C(F)(F)F)cc3Br)c2)cc1C. The fraction of sp³-hybridized carbons (Fsp3) is 0.240. The summed E-state index contributed by atoms with van der Waals surface area (Å²) in [6, 6.07) is 11.9. The number of hydrogen-bond donors (Lipinski definition) is 0. The van der Waals surface area contributed by atoms with Gasteiger partial charge in [0.25, 0.3) is 0 Å². The molecule has 0 saturated carbocycles. The second-order valence-electron chi connectivity index (χ2n) is 7.36. The number of carbonyl (C=O) groups is 1. The molecule has 0 aliphatic heterocycles. The fourth-order valence-electron chi connectivity index (χ4n) is 3.16. The summed E-state index contributed by atoms with van der Waals surface area (Å²) in [5, 5.41) is 0. The Bertz CT molecular complexity index is 1180. The van der Waals surface area contributed by atoms with Crippen LogP contribution >= 0.6 is 15.9 Å². The second kappa shape index (κ2) is 10.9. The third-order valence-electron chi connectivity index (χ3n) is 4.79. The van der Waals surface area contributed by atoms with Crippen molar-refractivity contribution >= 4 is 21.9 Å². The van der Waals surface area contributed by atoms with Crippen molar-refractivity contribution in [1.82, 2.24) is 0 Å². The van der Waals surface area contributed by atoms with E-state index in [-0.39, 0.29) is 34.1 Å². The van der Waals surface area contributed by atoms with Gasteiger partial charge in [0.15, 0.2) is 0 Å². The van der Waals surface area contributed by atoms with Crippen LogP contribution in [0.1, 0.15) is 30.0 Å². The van der Waals surface area contributed by atoms with E-state index in [2.05, 4.69) is 15.9 Å². The van der Waals surface area contributed by atoms with Gasteiger partial charge in [-0.2, -0.15) is 13.2 Å². The number of esters is 1. The summed E-state index contributed by atoms with van der Waals surface area (Å²) in [5.41, 5.74) is 1.01. The van der Waals surface area contributed by atoms with Gasteiger partial charge in [-0.1, -0.05) is 6.07 Å². The lowest BCUT2D eigenvalue weighted by Crippen LogP contribution is -2.05. The maximum atomic E-state index is 14.2. The molecular weight excluding hydrogens is 520 g/mol. The molecule has 34 heavy (non-hydrogen) atoms. The number of aryl methyl sites for hydroxylation is 2. The molecule has 0 aromatic heterocycles. The minimum Gasteiger partial charge on any atom is -0.466 e. The smallest absolute Gasteiger partial charge is 0.416 e. The van der Waals surface area contributed by atoms with Gasteiger partial charge >= 0.3 is 12.1 Å². The molecule has 0 amide bonds. The van der Waals surface area contributed by atoms with E-state index in [4.69, 9.17) is 14.2 Å². The van der Waals surface area contributed by atoms with E-state index in [1.165, 1.54) is 12.1 Å². The van der Waals surface area contributed by atoms with Gasteiger partial charge in [-0.3, -0.25) is 4.79 Å². The Balaban J connectivity index is 1.73. The van der Waals surface area contributed by atoms with Gasteiger partial charge in [0, 0.05) is 24.6 Å². The maximum absolute atomic E-state index is 14.2. The predicted octanol–water partition coefficient (Wildman–Crippen LogP) is 8.00. The zero-order chi connectivity index (χ0) is 24.9. The van der Waals surface area contributed by atoms with E-state index in [1.54, 1.807) is 19.1 Å². The second-order valence-corrected chi connectivity index (χ2v) is 8.22. The highest BCUT2D eigenvalue weighted by Crippen LogP contribution is 2.37. The molecule has 3 rings (SSSR count). The van der Waals surface area contributed by atoms with Crippen LogP contribution in [0, 0.1) is 12.7 Å². The molecule has 3 aromatic rings. The summed E-state index contributed by atoms with van der Waals surface area (Å²) in [5.74, 6) is -0.168. The molecule has 0 radical (unpaired) electrons. The molecule has 0 spiro atoms. The van der Waals surface area contributed by atoms with Crippen molar-refractivity contribution in [2.75, 3.05) is 6.61 Å². The quantitative estimate of drug-likeness (QED) is 0.214. The lowest BCUT2D eigenvalue weighted by atomic mass is 10.0. The van der Waals surface area contributed by atoms with Crippen molar-refractivity contribution in [3.05, 3.63) is 81.6 Å². The largest absolute Gasteiger partial charge is 0.466 e. The first-order valence-electron chi connectivity index (χ1n) is 10.3. The predicted molar refractivity (Wildman–Crippen MR) is 122 cm³/mol. The summed E-state index contributed by atoms with van der Waals surface area (Å²) in [6.07, 6.45) is -3.71. The number of benzene rings is 3. The highest BCUT2D eigenvalue weighted by atomic mass is 79.9. The number of alkyl halides is 3. The average Bonchev–Trinajstić information content (AvgIpc) is 2.73. The summed E-state index contributed by atoms with van der Waals surface area (Å²) in [6.45, 7) is 3.95. The van der Waals surface area contributed by atoms with E-state index >= 15 is 0 Å². The first kappa shape index (κ1) is 25.6. The standard InChI is InChI=1S/C25H21BrF4O4/c1-3-32-24(31)9-5-16-4-7-19(10-15(16)2)33-20-12-18(27)13-21(14-20)34-23-8-6-17(11-22(23)26)25(28,29)30/h4,6-8,10-14H,3,5,9H2,1-2H3. The van der Waals surface area contributed by atoms with E-state index < -0.39 is 17.6 Å². The molecule has 0 atom stereocenters. The lowest BCUT2D eigenvalue weighted by molar-refractivity contribution is -0.143. The van der Waals surface area contributed by atoms with Crippen LogP contribution in [0.5, 0.6) is 23.0 Å². The Morgan fingerprint density at radius 3 is 2.26 bits per heavy atom. The fourth-order valence-corrected chi connectivity index (χ4v) is 3.62. The van der Waals surface area contributed by atoms with Crippen molar-refractivity contribution in [2.45, 2.75) is 32.9 Å². The number of hydrogen-bond acceptors (Lipinski definition) is 4. The number of rotatable bonds is 8. The Morgan fingerprint density at radius 2 is 1.65 bits per heavy atom. The van der Waals surface area contributed by atoms with Gasteiger partial charge in [-0.25, -0.2) is 4.39 Å². The first-order chi connectivity index (χ1) is 16.0. The van der Waals surface area contributed by atoms with Crippen molar-refractivity contribution in [3.63, 3.8) is 0 Å². The van der Waals surface area contributed by atoms with Gasteiger partial charge in [0.1, 0.15) is 28.8 Å². The van der Waals surface area contributed by atoms with E-state index in [9.17, 15) is 22.4 Å². The number of carbonyl (C=O) groups excluding carboxylic acids is 1. The monoisotopic (exact) mass is 540 g/mol. The van der Waals surface area contributed by atoms with Crippen LogP contribution in [0.15, 0.2) is 59.1 Å². The molecule has 0 saturated heterocycles. The van der Waals surface area contributed by atoms with Crippen molar-refractivity contribution in [3.8, 4) is 23.0 Å². The summed E-state index contributed by atoms with van der Waals surface area (Å²) < 4.78 is 69.1. The molecule has 0 fully saturated rings.